The van der Waals surface area contributed by atoms with Gasteiger partial charge in [-0.05, 0) is 11.8 Å². The van der Waals surface area contributed by atoms with E-state index >= 15 is 0 Å². The molecule has 0 spiro atoms. The maximum absolute atomic E-state index is 9.09. The zero-order valence-corrected chi connectivity index (χ0v) is 6.02. The molecule has 0 heterocycles. The van der Waals surface area contributed by atoms with Gasteiger partial charge in [0.1, 0.15) is 0 Å². The molecule has 0 radical (unpaired) electrons. The molecule has 0 bridgehead atoms. The molecule has 2 nitrogen and oxygen atoms in total. The lowest BCUT2D eigenvalue weighted by molar-refractivity contribution is -0.158. The van der Waals surface area contributed by atoms with E-state index < -0.39 is 5.79 Å². The van der Waals surface area contributed by atoms with E-state index in [1.54, 1.807) is 0 Å². The third-order valence-corrected chi connectivity index (χ3v) is 1.96. The van der Waals surface area contributed by atoms with Crippen LogP contribution in [0.15, 0.2) is 0 Å². The van der Waals surface area contributed by atoms with Crippen molar-refractivity contribution in [1.82, 2.24) is 0 Å². The lowest BCUT2D eigenvalue weighted by atomic mass is 9.92. The van der Waals surface area contributed by atoms with Gasteiger partial charge in [0.25, 0.3) is 0 Å². The molecule has 0 aromatic rings. The van der Waals surface area contributed by atoms with Gasteiger partial charge >= 0.3 is 0 Å². The maximum atomic E-state index is 9.09. The SMILES string of the molecule is CC1(C)CCC(O)(O)C1. The van der Waals surface area contributed by atoms with Gasteiger partial charge in [0.05, 0.1) is 0 Å². The molecule has 0 unspecified atom stereocenters. The molecular weight excluding hydrogens is 116 g/mol. The Balaban J connectivity index is 2.58. The first-order valence-corrected chi connectivity index (χ1v) is 3.36. The fraction of sp³-hybridized carbons (Fsp3) is 1.00. The summed E-state index contributed by atoms with van der Waals surface area (Å²) in [6, 6.07) is 0. The Kier molecular flexibility index (Phi) is 1.33. The molecular formula is C7H14O2. The molecule has 0 atom stereocenters. The van der Waals surface area contributed by atoms with Crippen molar-refractivity contribution in [2.45, 2.75) is 38.9 Å². The molecule has 1 saturated carbocycles. The van der Waals surface area contributed by atoms with Crippen LogP contribution in [0, 0.1) is 5.41 Å². The van der Waals surface area contributed by atoms with Crippen molar-refractivity contribution in [2.24, 2.45) is 5.41 Å². The Hall–Kier alpha value is -0.0800. The molecule has 0 amide bonds. The summed E-state index contributed by atoms with van der Waals surface area (Å²) in [5, 5.41) is 18.2. The highest BCUT2D eigenvalue weighted by molar-refractivity contribution is 4.85. The molecule has 2 heteroatoms. The van der Waals surface area contributed by atoms with Gasteiger partial charge in [-0.2, -0.15) is 0 Å². The van der Waals surface area contributed by atoms with E-state index in [0.29, 0.717) is 12.8 Å². The van der Waals surface area contributed by atoms with E-state index in [0.717, 1.165) is 6.42 Å². The van der Waals surface area contributed by atoms with Gasteiger partial charge in [-0.25, -0.2) is 0 Å². The van der Waals surface area contributed by atoms with E-state index in [9.17, 15) is 0 Å². The summed E-state index contributed by atoms with van der Waals surface area (Å²) in [6.45, 7) is 4.11. The number of aliphatic hydroxyl groups is 2. The predicted molar refractivity (Wildman–Crippen MR) is 34.8 cm³/mol. The van der Waals surface area contributed by atoms with Crippen LogP contribution >= 0.6 is 0 Å². The monoisotopic (exact) mass is 130 g/mol. The van der Waals surface area contributed by atoms with Gasteiger partial charge in [-0.1, -0.05) is 13.8 Å². The lowest BCUT2D eigenvalue weighted by Gasteiger charge is -2.18. The minimum Gasteiger partial charge on any atom is -0.366 e. The second kappa shape index (κ2) is 1.70. The fourth-order valence-corrected chi connectivity index (χ4v) is 1.48. The van der Waals surface area contributed by atoms with Crippen LogP contribution in [-0.2, 0) is 0 Å². The lowest BCUT2D eigenvalue weighted by Crippen LogP contribution is -2.24. The van der Waals surface area contributed by atoms with Crippen LogP contribution < -0.4 is 0 Å². The van der Waals surface area contributed by atoms with Gasteiger partial charge in [0.2, 0.25) is 0 Å². The van der Waals surface area contributed by atoms with Crippen molar-refractivity contribution < 1.29 is 10.2 Å². The van der Waals surface area contributed by atoms with Crippen LogP contribution in [0.3, 0.4) is 0 Å². The third kappa shape index (κ3) is 1.66. The van der Waals surface area contributed by atoms with Crippen molar-refractivity contribution in [3.05, 3.63) is 0 Å². The zero-order chi connectivity index (χ0) is 7.12. The maximum Gasteiger partial charge on any atom is 0.163 e. The van der Waals surface area contributed by atoms with Gasteiger partial charge in [0, 0.05) is 12.8 Å². The Labute approximate surface area is 55.5 Å². The van der Waals surface area contributed by atoms with Crippen LogP contribution in [0.5, 0.6) is 0 Å². The minimum atomic E-state index is -1.37. The molecule has 0 aliphatic heterocycles. The van der Waals surface area contributed by atoms with Crippen LogP contribution in [-0.4, -0.2) is 16.0 Å². The van der Waals surface area contributed by atoms with E-state index in [1.807, 2.05) is 0 Å². The van der Waals surface area contributed by atoms with E-state index in [2.05, 4.69) is 13.8 Å². The fourth-order valence-electron chi connectivity index (χ4n) is 1.48. The van der Waals surface area contributed by atoms with Crippen molar-refractivity contribution >= 4 is 0 Å². The van der Waals surface area contributed by atoms with Crippen LogP contribution in [0.25, 0.3) is 0 Å². The molecule has 1 fully saturated rings. The first-order chi connectivity index (χ1) is 3.91. The molecule has 54 valence electrons. The van der Waals surface area contributed by atoms with Crippen LogP contribution in [0.4, 0.5) is 0 Å². The topological polar surface area (TPSA) is 40.5 Å². The Bertz CT molecular complexity index is 102. The van der Waals surface area contributed by atoms with Crippen LogP contribution in [0.1, 0.15) is 33.1 Å². The van der Waals surface area contributed by atoms with E-state index in [1.165, 1.54) is 0 Å². The molecule has 0 aromatic heterocycles. The number of hydrogen-bond acceptors (Lipinski definition) is 2. The standard InChI is InChI=1S/C7H14O2/c1-6(2)3-4-7(8,9)5-6/h8-9H,3-5H2,1-2H3. The first kappa shape index (κ1) is 7.03. The summed E-state index contributed by atoms with van der Waals surface area (Å²) in [5.41, 5.74) is 0.128. The van der Waals surface area contributed by atoms with Crippen molar-refractivity contribution in [3.8, 4) is 0 Å². The molecule has 0 aromatic carbocycles. The minimum absolute atomic E-state index is 0.128. The number of rotatable bonds is 0. The quantitative estimate of drug-likeness (QED) is 0.478. The largest absolute Gasteiger partial charge is 0.366 e. The summed E-state index contributed by atoms with van der Waals surface area (Å²) in [4.78, 5) is 0. The summed E-state index contributed by atoms with van der Waals surface area (Å²) in [6.07, 6.45) is 1.96. The van der Waals surface area contributed by atoms with Gasteiger partial charge in [-0.15, -0.1) is 0 Å². The second-order valence-electron chi connectivity index (χ2n) is 3.82. The highest BCUT2D eigenvalue weighted by atomic mass is 16.5. The van der Waals surface area contributed by atoms with Gasteiger partial charge < -0.3 is 10.2 Å². The Morgan fingerprint density at radius 1 is 1.11 bits per heavy atom. The molecule has 0 saturated heterocycles. The Morgan fingerprint density at radius 3 is 1.78 bits per heavy atom. The first-order valence-electron chi connectivity index (χ1n) is 3.36. The summed E-state index contributed by atoms with van der Waals surface area (Å²) >= 11 is 0. The van der Waals surface area contributed by atoms with Crippen molar-refractivity contribution in [2.75, 3.05) is 0 Å². The molecule has 2 N–H and O–H groups in total. The third-order valence-electron chi connectivity index (χ3n) is 1.96. The zero-order valence-electron chi connectivity index (χ0n) is 6.02. The van der Waals surface area contributed by atoms with Crippen molar-refractivity contribution in [3.63, 3.8) is 0 Å². The summed E-state index contributed by atoms with van der Waals surface area (Å²) < 4.78 is 0. The molecule has 1 aliphatic rings. The Morgan fingerprint density at radius 2 is 1.67 bits per heavy atom. The van der Waals surface area contributed by atoms with E-state index in [-0.39, 0.29) is 5.41 Å². The summed E-state index contributed by atoms with van der Waals surface area (Å²) in [7, 11) is 0. The smallest absolute Gasteiger partial charge is 0.163 e. The van der Waals surface area contributed by atoms with Crippen molar-refractivity contribution in [1.29, 1.82) is 0 Å². The average molecular weight is 130 g/mol. The normalized spacial score (nSPS) is 30.7. The second-order valence-corrected chi connectivity index (χ2v) is 3.82. The highest BCUT2D eigenvalue weighted by Gasteiger charge is 2.39. The molecule has 1 aliphatic carbocycles. The van der Waals surface area contributed by atoms with Gasteiger partial charge in [-0.3, -0.25) is 0 Å². The van der Waals surface area contributed by atoms with Gasteiger partial charge in [0.15, 0.2) is 5.79 Å². The average Bonchev–Trinajstić information content (AvgIpc) is 1.78. The van der Waals surface area contributed by atoms with E-state index in [4.69, 9.17) is 10.2 Å². The summed E-state index contributed by atoms with van der Waals surface area (Å²) in [5.74, 6) is -1.37. The highest BCUT2D eigenvalue weighted by Crippen LogP contribution is 2.41. The number of hydrogen-bond donors (Lipinski definition) is 2. The molecule has 9 heavy (non-hydrogen) atoms. The predicted octanol–water partition coefficient (Wildman–Crippen LogP) is 0.877. The molecule has 1 rings (SSSR count). The van der Waals surface area contributed by atoms with Crippen LogP contribution in [0.2, 0.25) is 0 Å².